The molecule has 4 nitrogen and oxygen atoms in total. The van der Waals surface area contributed by atoms with Crippen molar-refractivity contribution in [3.63, 3.8) is 0 Å². The van der Waals surface area contributed by atoms with Crippen LogP contribution in [0.1, 0.15) is 18.1 Å². The Morgan fingerprint density at radius 2 is 1.67 bits per heavy atom. The number of rotatable bonds is 4. The Balaban J connectivity index is 1.84. The number of hydrogen-bond acceptors (Lipinski definition) is 3. The van der Waals surface area contributed by atoms with E-state index >= 15 is 0 Å². The molecule has 0 radical (unpaired) electrons. The highest BCUT2D eigenvalue weighted by Crippen LogP contribution is 2.32. The molecule has 2 heterocycles. The van der Waals surface area contributed by atoms with Crippen LogP contribution < -0.4 is 0 Å². The highest BCUT2D eigenvalue weighted by molar-refractivity contribution is 5.74. The molecule has 134 valence electrons. The van der Waals surface area contributed by atoms with Crippen LogP contribution in [0.3, 0.4) is 0 Å². The SMILES string of the molecule is CCc1ccc(-c2nc3ccc(C)cn3c2N=Nc2ccc(F)cc2)cc1. The Bertz CT molecular complexity index is 1110. The highest BCUT2D eigenvalue weighted by Gasteiger charge is 2.14. The van der Waals surface area contributed by atoms with Crippen LogP contribution in [0.4, 0.5) is 15.9 Å². The first-order chi connectivity index (χ1) is 13.1. The Kier molecular flexibility index (Phi) is 4.50. The van der Waals surface area contributed by atoms with Crippen LogP contribution in [0.2, 0.25) is 0 Å². The van der Waals surface area contributed by atoms with Crippen LogP contribution in [0.25, 0.3) is 16.9 Å². The van der Waals surface area contributed by atoms with Crippen molar-refractivity contribution < 1.29 is 4.39 Å². The predicted octanol–water partition coefficient (Wildman–Crippen LogP) is 6.43. The number of imidazole rings is 1. The van der Waals surface area contributed by atoms with Crippen LogP contribution in [0.5, 0.6) is 0 Å². The molecule has 4 rings (SSSR count). The molecule has 0 fully saturated rings. The largest absolute Gasteiger partial charge is 0.282 e. The monoisotopic (exact) mass is 358 g/mol. The smallest absolute Gasteiger partial charge is 0.187 e. The van der Waals surface area contributed by atoms with Gasteiger partial charge in [-0.3, -0.25) is 4.40 Å². The van der Waals surface area contributed by atoms with E-state index in [1.165, 1.54) is 17.7 Å². The molecule has 0 spiro atoms. The van der Waals surface area contributed by atoms with Crippen molar-refractivity contribution in [1.29, 1.82) is 0 Å². The molecular formula is C22H19FN4. The third-order valence-electron chi connectivity index (χ3n) is 4.46. The molecule has 0 aliphatic rings. The minimum atomic E-state index is -0.295. The van der Waals surface area contributed by atoms with Crippen LogP contribution >= 0.6 is 0 Å². The first-order valence-electron chi connectivity index (χ1n) is 8.89. The summed E-state index contributed by atoms with van der Waals surface area (Å²) in [6.07, 6.45) is 2.98. The average Bonchev–Trinajstić information content (AvgIpc) is 3.05. The number of pyridine rings is 1. The number of azo groups is 1. The van der Waals surface area contributed by atoms with E-state index in [0.29, 0.717) is 11.5 Å². The van der Waals surface area contributed by atoms with Gasteiger partial charge in [0.25, 0.3) is 0 Å². The third-order valence-corrected chi connectivity index (χ3v) is 4.46. The topological polar surface area (TPSA) is 42.0 Å². The lowest BCUT2D eigenvalue weighted by atomic mass is 10.1. The minimum absolute atomic E-state index is 0.295. The van der Waals surface area contributed by atoms with Crippen LogP contribution in [0, 0.1) is 12.7 Å². The Morgan fingerprint density at radius 3 is 2.37 bits per heavy atom. The maximum absolute atomic E-state index is 13.1. The van der Waals surface area contributed by atoms with Crippen molar-refractivity contribution in [2.24, 2.45) is 10.2 Å². The summed E-state index contributed by atoms with van der Waals surface area (Å²) < 4.78 is 15.0. The number of halogens is 1. The first-order valence-corrected chi connectivity index (χ1v) is 8.89. The van der Waals surface area contributed by atoms with Crippen LogP contribution in [0.15, 0.2) is 77.1 Å². The van der Waals surface area contributed by atoms with Gasteiger partial charge >= 0.3 is 0 Å². The van der Waals surface area contributed by atoms with Crippen molar-refractivity contribution in [1.82, 2.24) is 9.38 Å². The molecule has 0 saturated carbocycles. The molecule has 0 bridgehead atoms. The second-order valence-electron chi connectivity index (χ2n) is 6.45. The van der Waals surface area contributed by atoms with E-state index in [0.717, 1.165) is 28.9 Å². The molecule has 4 aromatic rings. The first kappa shape index (κ1) is 17.1. The van der Waals surface area contributed by atoms with Gasteiger partial charge in [0.15, 0.2) is 5.82 Å². The van der Waals surface area contributed by atoms with E-state index in [-0.39, 0.29) is 5.82 Å². The van der Waals surface area contributed by atoms with Gasteiger partial charge in [-0.25, -0.2) is 9.37 Å². The number of hydrogen-bond donors (Lipinski definition) is 0. The minimum Gasteiger partial charge on any atom is -0.282 e. The van der Waals surface area contributed by atoms with Crippen molar-refractivity contribution in [2.75, 3.05) is 0 Å². The Labute approximate surface area is 157 Å². The van der Waals surface area contributed by atoms with Gasteiger partial charge in [-0.2, -0.15) is 0 Å². The summed E-state index contributed by atoms with van der Waals surface area (Å²) in [6, 6.07) is 18.3. The summed E-state index contributed by atoms with van der Waals surface area (Å²) in [5, 5.41) is 8.74. The van der Waals surface area contributed by atoms with Crippen molar-refractivity contribution in [3.05, 3.63) is 83.8 Å². The third kappa shape index (κ3) is 3.49. The molecule has 0 saturated heterocycles. The molecule has 0 N–H and O–H groups in total. The molecule has 2 aromatic carbocycles. The maximum atomic E-state index is 13.1. The summed E-state index contributed by atoms with van der Waals surface area (Å²) in [5.74, 6) is 0.360. The van der Waals surface area contributed by atoms with E-state index < -0.39 is 0 Å². The van der Waals surface area contributed by atoms with Gasteiger partial charge in [0.05, 0.1) is 5.69 Å². The predicted molar refractivity (Wildman–Crippen MR) is 105 cm³/mol. The standard InChI is InChI=1S/C22H19FN4/c1-3-16-5-7-17(8-6-16)21-22(26-25-19-11-9-18(23)10-12-19)27-14-15(2)4-13-20(27)24-21/h4-14H,3H2,1-2H3. The lowest BCUT2D eigenvalue weighted by Crippen LogP contribution is -1.85. The molecule has 0 aliphatic carbocycles. The molecule has 27 heavy (non-hydrogen) atoms. The fraction of sp³-hybridized carbons (Fsp3) is 0.136. The van der Waals surface area contributed by atoms with Gasteiger partial charge in [-0.05, 0) is 54.8 Å². The molecule has 0 aliphatic heterocycles. The van der Waals surface area contributed by atoms with E-state index in [9.17, 15) is 4.39 Å². The van der Waals surface area contributed by atoms with E-state index in [1.807, 2.05) is 29.7 Å². The van der Waals surface area contributed by atoms with Gasteiger partial charge in [0, 0.05) is 11.8 Å². The Morgan fingerprint density at radius 1 is 0.926 bits per heavy atom. The summed E-state index contributed by atoms with van der Waals surface area (Å²) in [4.78, 5) is 4.76. The van der Waals surface area contributed by atoms with Gasteiger partial charge < -0.3 is 0 Å². The lowest BCUT2D eigenvalue weighted by molar-refractivity contribution is 0.628. The second-order valence-corrected chi connectivity index (χ2v) is 6.45. The quantitative estimate of drug-likeness (QED) is 0.388. The van der Waals surface area contributed by atoms with E-state index in [2.05, 4.69) is 41.4 Å². The van der Waals surface area contributed by atoms with Gasteiger partial charge in [-0.15, -0.1) is 10.2 Å². The van der Waals surface area contributed by atoms with Crippen molar-refractivity contribution in [3.8, 4) is 11.3 Å². The normalized spacial score (nSPS) is 11.5. The number of nitrogens with zero attached hydrogens (tertiary/aromatic N) is 4. The number of fused-ring (bicyclic) bond motifs is 1. The second kappa shape index (κ2) is 7.11. The molecule has 0 unspecified atom stereocenters. The number of aryl methyl sites for hydroxylation is 2. The molecule has 0 amide bonds. The molecule has 0 atom stereocenters. The zero-order valence-electron chi connectivity index (χ0n) is 15.2. The van der Waals surface area contributed by atoms with E-state index in [4.69, 9.17) is 4.98 Å². The number of benzene rings is 2. The summed E-state index contributed by atoms with van der Waals surface area (Å²) >= 11 is 0. The number of aromatic nitrogens is 2. The van der Waals surface area contributed by atoms with Crippen molar-refractivity contribution >= 4 is 17.2 Å². The van der Waals surface area contributed by atoms with Crippen LogP contribution in [-0.4, -0.2) is 9.38 Å². The summed E-state index contributed by atoms with van der Waals surface area (Å²) in [5.41, 5.74) is 5.53. The van der Waals surface area contributed by atoms with Gasteiger partial charge in [0.1, 0.15) is 17.2 Å². The fourth-order valence-electron chi connectivity index (χ4n) is 2.94. The molecule has 5 heteroatoms. The highest BCUT2D eigenvalue weighted by atomic mass is 19.1. The average molecular weight is 358 g/mol. The van der Waals surface area contributed by atoms with Crippen LogP contribution in [-0.2, 0) is 6.42 Å². The summed E-state index contributed by atoms with van der Waals surface area (Å²) in [6.45, 7) is 4.15. The summed E-state index contributed by atoms with van der Waals surface area (Å²) in [7, 11) is 0. The van der Waals surface area contributed by atoms with E-state index in [1.54, 1.807) is 12.1 Å². The van der Waals surface area contributed by atoms with Gasteiger partial charge in [0.2, 0.25) is 0 Å². The zero-order valence-corrected chi connectivity index (χ0v) is 15.2. The molecular weight excluding hydrogens is 339 g/mol. The van der Waals surface area contributed by atoms with Gasteiger partial charge in [-0.1, -0.05) is 37.3 Å². The van der Waals surface area contributed by atoms with Crippen molar-refractivity contribution in [2.45, 2.75) is 20.3 Å². The fourth-order valence-corrected chi connectivity index (χ4v) is 2.94. The zero-order chi connectivity index (χ0) is 18.8. The lowest BCUT2D eigenvalue weighted by Gasteiger charge is -2.02. The molecule has 2 aromatic heterocycles. The maximum Gasteiger partial charge on any atom is 0.187 e. The Hall–Kier alpha value is -3.34.